The molecule has 3 heterocycles. The van der Waals surface area contributed by atoms with Crippen LogP contribution in [0.4, 0.5) is 4.79 Å². The number of furan rings is 1. The Morgan fingerprint density at radius 2 is 1.71 bits per heavy atom. The van der Waals surface area contributed by atoms with Crippen LogP contribution in [0.15, 0.2) is 40.9 Å². The first-order valence-corrected chi connectivity index (χ1v) is 15.0. The smallest absolute Gasteiger partial charge is 0.342 e. The molecule has 240 valence electrons. The van der Waals surface area contributed by atoms with Crippen LogP contribution in [0.1, 0.15) is 86.8 Å². The summed E-state index contributed by atoms with van der Waals surface area (Å²) in [7, 11) is 2.28. The number of aromatic nitrogens is 3. The zero-order valence-corrected chi connectivity index (χ0v) is 25.3. The van der Waals surface area contributed by atoms with E-state index in [0.717, 1.165) is 39.0 Å². The first-order valence-electron chi connectivity index (χ1n) is 15.0. The highest BCUT2D eigenvalue weighted by Crippen LogP contribution is 2.37. The Morgan fingerprint density at radius 3 is 2.40 bits per heavy atom. The molecular weight excluding hydrogens is 584 g/mol. The van der Waals surface area contributed by atoms with Gasteiger partial charge in [0.1, 0.15) is 22.6 Å². The molecule has 3 amide bonds. The molecule has 4 N–H and O–H groups in total. The van der Waals surface area contributed by atoms with E-state index in [1.54, 1.807) is 10.9 Å². The number of benzene rings is 1. The number of hydrogen-bond donors (Lipinski definition) is 4. The van der Waals surface area contributed by atoms with E-state index in [4.69, 9.17) is 13.9 Å². The third kappa shape index (κ3) is 7.00. The third-order valence-electron chi connectivity index (χ3n) is 8.40. The number of carbonyl (C=O) groups is 4. The number of hydrogen-bond acceptors (Lipinski definition) is 10. The van der Waals surface area contributed by atoms with E-state index in [2.05, 4.69) is 26.3 Å². The maximum absolute atomic E-state index is 14.0. The largest absolute Gasteiger partial charge is 0.465 e. The van der Waals surface area contributed by atoms with Crippen LogP contribution in [-0.2, 0) is 34.4 Å². The predicted molar refractivity (Wildman–Crippen MR) is 158 cm³/mol. The van der Waals surface area contributed by atoms with Gasteiger partial charge >= 0.3 is 18.0 Å². The first-order chi connectivity index (χ1) is 21.8. The van der Waals surface area contributed by atoms with Crippen molar-refractivity contribution >= 4 is 23.9 Å². The maximum Gasteiger partial charge on any atom is 0.342 e. The summed E-state index contributed by atoms with van der Waals surface area (Å²) in [6.07, 6.45) is 6.09. The van der Waals surface area contributed by atoms with Gasteiger partial charge in [0.05, 0.1) is 51.2 Å². The molecule has 0 saturated heterocycles. The molecule has 1 aliphatic carbocycles. The van der Waals surface area contributed by atoms with Crippen molar-refractivity contribution in [2.75, 3.05) is 20.8 Å². The average Bonchev–Trinajstić information content (AvgIpc) is 3.68. The minimum absolute atomic E-state index is 0.0111. The highest BCUT2D eigenvalue weighted by Gasteiger charge is 2.42. The Kier molecular flexibility index (Phi) is 9.81. The molecule has 1 saturated carbocycles. The first kappa shape index (κ1) is 31.7. The molecule has 2 atom stereocenters. The monoisotopic (exact) mass is 622 g/mol. The fourth-order valence-electron chi connectivity index (χ4n) is 6.12. The van der Waals surface area contributed by atoms with Gasteiger partial charge in [-0.1, -0.05) is 54.8 Å². The predicted octanol–water partition coefficient (Wildman–Crippen LogP) is 2.25. The number of amides is 3. The van der Waals surface area contributed by atoms with Gasteiger partial charge in [0.2, 0.25) is 5.76 Å². The summed E-state index contributed by atoms with van der Waals surface area (Å²) in [6, 6.07) is 8.04. The van der Waals surface area contributed by atoms with E-state index in [9.17, 15) is 24.3 Å². The Hall–Kier alpha value is -4.72. The number of urea groups is 1. The number of aliphatic hydroxyl groups is 1. The SMILES string of the molecule is COC(=O)c1c2oc(c1C(=O)OC)C(=O)NC1(CCCCC1)c1cn(nn1)C[C@H](Cc1ccccc1)NC(=O)N[C@H](CO)CC2. The van der Waals surface area contributed by atoms with Crippen LogP contribution in [-0.4, -0.2) is 76.9 Å². The second-order valence-corrected chi connectivity index (χ2v) is 11.4. The molecule has 2 aliphatic rings. The molecule has 0 radical (unpaired) electrons. The number of nitrogens with one attached hydrogen (secondary N) is 3. The van der Waals surface area contributed by atoms with Gasteiger partial charge in [0, 0.05) is 6.42 Å². The molecule has 1 aromatic carbocycles. The number of esters is 2. The molecule has 3 aromatic rings. The fraction of sp³-hybridized carbons (Fsp3) is 0.484. The number of carbonyl (C=O) groups excluding carboxylic acids is 4. The van der Waals surface area contributed by atoms with E-state index in [-0.39, 0.29) is 29.7 Å². The lowest BCUT2D eigenvalue weighted by Gasteiger charge is -2.36. The van der Waals surface area contributed by atoms with Gasteiger partial charge in [-0.3, -0.25) is 9.48 Å². The maximum atomic E-state index is 14.0. The molecule has 1 aliphatic heterocycles. The van der Waals surface area contributed by atoms with E-state index < -0.39 is 53.9 Å². The summed E-state index contributed by atoms with van der Waals surface area (Å²) in [6.45, 7) is -0.129. The number of fused-ring (bicyclic) bond motifs is 5. The zero-order valence-electron chi connectivity index (χ0n) is 25.3. The topological polar surface area (TPSA) is 187 Å². The Morgan fingerprint density at radius 1 is 1.02 bits per heavy atom. The highest BCUT2D eigenvalue weighted by molar-refractivity contribution is 6.11. The number of aliphatic hydroxyl groups excluding tert-OH is 1. The second kappa shape index (κ2) is 13.9. The third-order valence-corrected chi connectivity index (χ3v) is 8.40. The zero-order chi connectivity index (χ0) is 32.0. The number of ether oxygens (including phenoxy) is 2. The van der Waals surface area contributed by atoms with Crippen LogP contribution in [0.2, 0.25) is 0 Å². The molecule has 4 bridgehead atoms. The Balaban J connectivity index is 1.59. The van der Waals surface area contributed by atoms with Crippen LogP contribution in [0.25, 0.3) is 0 Å². The van der Waals surface area contributed by atoms with Crippen molar-refractivity contribution in [2.45, 2.75) is 75.5 Å². The van der Waals surface area contributed by atoms with Crippen LogP contribution in [0.5, 0.6) is 0 Å². The molecule has 0 unspecified atom stereocenters. The Bertz CT molecular complexity index is 1530. The van der Waals surface area contributed by atoms with Crippen LogP contribution < -0.4 is 16.0 Å². The van der Waals surface area contributed by atoms with Crippen molar-refractivity contribution < 1.29 is 38.2 Å². The van der Waals surface area contributed by atoms with Gasteiger partial charge in [0.15, 0.2) is 0 Å². The normalized spacial score (nSPS) is 20.3. The molecule has 45 heavy (non-hydrogen) atoms. The lowest BCUT2D eigenvalue weighted by Crippen LogP contribution is -2.49. The standard InChI is InChI=1S/C31H38N6O8/c1-43-28(40)24-22-12-11-20(18-38)32-30(42)33-21(15-19-9-5-3-6-10-19)16-37-17-23(35-36-37)31(13-7-4-8-14-31)34-27(39)26(45-22)25(24)29(41)44-2/h3,5-6,9-10,17,20-21,38H,4,7-8,11-16,18H2,1-2H3,(H,34,39)(H2,32,33,42)/t20-,21-/m0/s1. The minimum Gasteiger partial charge on any atom is -0.465 e. The number of rotatable bonds is 5. The van der Waals surface area contributed by atoms with Crippen LogP contribution in [0, 0.1) is 0 Å². The summed E-state index contributed by atoms with van der Waals surface area (Å²) < 4.78 is 17.4. The number of methoxy groups -OCH3 is 2. The lowest BCUT2D eigenvalue weighted by molar-refractivity contribution is 0.0553. The number of aryl methyl sites for hydroxylation is 1. The van der Waals surface area contributed by atoms with Crippen molar-refractivity contribution in [3.8, 4) is 0 Å². The van der Waals surface area contributed by atoms with E-state index in [1.165, 1.54) is 0 Å². The van der Waals surface area contributed by atoms with Gasteiger partial charge in [-0.25, -0.2) is 14.4 Å². The highest BCUT2D eigenvalue weighted by atomic mass is 16.5. The number of nitrogens with zero attached hydrogens (tertiary/aromatic N) is 3. The summed E-state index contributed by atoms with van der Waals surface area (Å²) in [4.78, 5) is 53.1. The van der Waals surface area contributed by atoms with Crippen molar-refractivity contribution in [1.29, 1.82) is 0 Å². The Labute approximate surface area is 259 Å². The quantitative estimate of drug-likeness (QED) is 0.308. The second-order valence-electron chi connectivity index (χ2n) is 11.4. The van der Waals surface area contributed by atoms with Crippen molar-refractivity contribution in [3.05, 3.63) is 70.4 Å². The van der Waals surface area contributed by atoms with Gasteiger partial charge in [-0.2, -0.15) is 0 Å². The van der Waals surface area contributed by atoms with E-state index in [1.807, 2.05) is 30.3 Å². The van der Waals surface area contributed by atoms with E-state index in [0.29, 0.717) is 31.5 Å². The minimum atomic E-state index is -0.950. The van der Waals surface area contributed by atoms with Crippen molar-refractivity contribution in [2.24, 2.45) is 0 Å². The lowest BCUT2D eigenvalue weighted by atomic mass is 9.79. The van der Waals surface area contributed by atoms with Gasteiger partial charge in [-0.15, -0.1) is 5.10 Å². The summed E-state index contributed by atoms with van der Waals surface area (Å²) >= 11 is 0. The van der Waals surface area contributed by atoms with E-state index >= 15 is 0 Å². The fourth-order valence-corrected chi connectivity index (χ4v) is 6.12. The molecule has 14 nitrogen and oxygen atoms in total. The van der Waals surface area contributed by atoms with Gasteiger partial charge < -0.3 is 34.9 Å². The van der Waals surface area contributed by atoms with Crippen LogP contribution in [0.3, 0.4) is 0 Å². The molecule has 14 heteroatoms. The summed E-state index contributed by atoms with van der Waals surface area (Å²) in [5, 5.41) is 27.7. The molecule has 1 fully saturated rings. The molecule has 2 aromatic heterocycles. The van der Waals surface area contributed by atoms with Crippen LogP contribution >= 0.6 is 0 Å². The summed E-state index contributed by atoms with van der Waals surface area (Å²) in [5.41, 5.74) is 0.0113. The molecule has 1 spiro atoms. The summed E-state index contributed by atoms with van der Waals surface area (Å²) in [5.74, 6) is -2.97. The van der Waals surface area contributed by atoms with Gasteiger partial charge in [0.25, 0.3) is 5.91 Å². The van der Waals surface area contributed by atoms with Crippen molar-refractivity contribution in [1.82, 2.24) is 30.9 Å². The van der Waals surface area contributed by atoms with Gasteiger partial charge in [-0.05, 0) is 31.2 Å². The molecular formula is C31H38N6O8. The molecule has 5 rings (SSSR count). The average molecular weight is 623 g/mol. The van der Waals surface area contributed by atoms with Crippen molar-refractivity contribution in [3.63, 3.8) is 0 Å².